The molecule has 0 saturated heterocycles. The van der Waals surface area contributed by atoms with Gasteiger partial charge in [-0.2, -0.15) is 4.98 Å². The van der Waals surface area contributed by atoms with Crippen molar-refractivity contribution in [1.82, 2.24) is 9.97 Å². The lowest BCUT2D eigenvalue weighted by Gasteiger charge is -2.18. The molecule has 0 unspecified atom stereocenters. The fraction of sp³-hybridized carbons (Fsp3) is 0. The first-order chi connectivity index (χ1) is 7.33. The van der Waals surface area contributed by atoms with E-state index in [9.17, 15) is 0 Å². The SMILES string of the molecule is Nc1ncc2c(n1)Nc1ccccc1S2. The maximum Gasteiger partial charge on any atom is 0.222 e. The molecule has 1 aromatic heterocycles. The zero-order valence-corrected chi connectivity index (χ0v) is 8.58. The molecule has 15 heavy (non-hydrogen) atoms. The normalized spacial score (nSPS) is 12.5. The summed E-state index contributed by atoms with van der Waals surface area (Å²) in [6.07, 6.45) is 1.74. The van der Waals surface area contributed by atoms with Gasteiger partial charge < -0.3 is 11.1 Å². The number of aromatic nitrogens is 2. The molecule has 0 atom stereocenters. The van der Waals surface area contributed by atoms with E-state index in [2.05, 4.69) is 21.4 Å². The molecule has 0 fully saturated rings. The van der Waals surface area contributed by atoms with Crippen LogP contribution in [0.25, 0.3) is 0 Å². The van der Waals surface area contributed by atoms with Gasteiger partial charge in [0.2, 0.25) is 5.95 Å². The molecule has 0 amide bonds. The summed E-state index contributed by atoms with van der Waals surface area (Å²) in [6.45, 7) is 0. The molecule has 2 aromatic rings. The van der Waals surface area contributed by atoms with E-state index in [0.717, 1.165) is 16.4 Å². The molecule has 1 aliphatic heterocycles. The highest BCUT2D eigenvalue weighted by Gasteiger charge is 2.16. The molecule has 3 N–H and O–H groups in total. The first kappa shape index (κ1) is 8.55. The van der Waals surface area contributed by atoms with Crippen molar-refractivity contribution >= 4 is 29.2 Å². The largest absolute Gasteiger partial charge is 0.368 e. The van der Waals surface area contributed by atoms with E-state index in [1.165, 1.54) is 4.90 Å². The molecule has 4 nitrogen and oxygen atoms in total. The van der Waals surface area contributed by atoms with Gasteiger partial charge in [-0.15, -0.1) is 0 Å². The number of anilines is 3. The Hall–Kier alpha value is -1.75. The predicted octanol–water partition coefficient (Wildman–Crippen LogP) is 2.27. The minimum Gasteiger partial charge on any atom is -0.368 e. The van der Waals surface area contributed by atoms with E-state index in [0.29, 0.717) is 5.95 Å². The number of fused-ring (bicyclic) bond motifs is 2. The van der Waals surface area contributed by atoms with Crippen molar-refractivity contribution in [2.75, 3.05) is 11.1 Å². The molecular weight excluding hydrogens is 208 g/mol. The van der Waals surface area contributed by atoms with E-state index in [4.69, 9.17) is 5.73 Å². The summed E-state index contributed by atoms with van der Waals surface area (Å²) in [5, 5.41) is 3.23. The first-order valence-corrected chi connectivity index (χ1v) is 5.31. The zero-order valence-electron chi connectivity index (χ0n) is 7.77. The number of hydrogen-bond acceptors (Lipinski definition) is 5. The van der Waals surface area contributed by atoms with Crippen LogP contribution >= 0.6 is 11.8 Å². The van der Waals surface area contributed by atoms with Crippen molar-refractivity contribution in [3.63, 3.8) is 0 Å². The Kier molecular flexibility index (Phi) is 1.78. The molecule has 0 saturated carbocycles. The molecular formula is C10H8N4S. The quantitative estimate of drug-likeness (QED) is 0.603. The second-order valence-electron chi connectivity index (χ2n) is 3.16. The van der Waals surface area contributed by atoms with Crippen LogP contribution in [0.1, 0.15) is 0 Å². The van der Waals surface area contributed by atoms with E-state index < -0.39 is 0 Å². The third kappa shape index (κ3) is 1.41. The summed E-state index contributed by atoms with van der Waals surface area (Å²) >= 11 is 1.65. The number of nitrogens with two attached hydrogens (primary N) is 1. The molecule has 3 rings (SSSR count). The van der Waals surface area contributed by atoms with Crippen molar-refractivity contribution in [2.24, 2.45) is 0 Å². The van der Waals surface area contributed by atoms with Gasteiger partial charge in [0.05, 0.1) is 10.6 Å². The number of nitrogens with one attached hydrogen (secondary N) is 1. The second kappa shape index (κ2) is 3.13. The van der Waals surface area contributed by atoms with Gasteiger partial charge >= 0.3 is 0 Å². The van der Waals surface area contributed by atoms with Gasteiger partial charge in [0, 0.05) is 11.1 Å². The van der Waals surface area contributed by atoms with Crippen molar-refractivity contribution in [3.05, 3.63) is 30.5 Å². The monoisotopic (exact) mass is 216 g/mol. The Morgan fingerprint density at radius 2 is 2.07 bits per heavy atom. The number of rotatable bonds is 0. The average Bonchev–Trinajstić information content (AvgIpc) is 2.26. The van der Waals surface area contributed by atoms with Gasteiger partial charge in [-0.1, -0.05) is 23.9 Å². The third-order valence-corrected chi connectivity index (χ3v) is 3.23. The maximum atomic E-state index is 5.53. The smallest absolute Gasteiger partial charge is 0.222 e. The minimum atomic E-state index is 0.293. The lowest BCUT2D eigenvalue weighted by atomic mass is 10.3. The van der Waals surface area contributed by atoms with E-state index in [1.54, 1.807) is 18.0 Å². The zero-order chi connectivity index (χ0) is 10.3. The summed E-state index contributed by atoms with van der Waals surface area (Å²) in [6, 6.07) is 8.08. The van der Waals surface area contributed by atoms with E-state index >= 15 is 0 Å². The molecule has 0 radical (unpaired) electrons. The Morgan fingerprint density at radius 1 is 1.20 bits per heavy atom. The summed E-state index contributed by atoms with van der Waals surface area (Å²) in [5.41, 5.74) is 6.59. The van der Waals surface area contributed by atoms with Crippen molar-refractivity contribution in [2.45, 2.75) is 9.79 Å². The van der Waals surface area contributed by atoms with E-state index in [-0.39, 0.29) is 0 Å². The second-order valence-corrected chi connectivity index (χ2v) is 4.25. The fourth-order valence-corrected chi connectivity index (χ4v) is 2.36. The molecule has 1 aliphatic rings. The molecule has 5 heteroatoms. The van der Waals surface area contributed by atoms with Crippen LogP contribution in [0.15, 0.2) is 40.3 Å². The lowest BCUT2D eigenvalue weighted by molar-refractivity contribution is 1.10. The van der Waals surface area contributed by atoms with Crippen molar-refractivity contribution in [1.29, 1.82) is 0 Å². The Labute approximate surface area is 90.9 Å². The van der Waals surface area contributed by atoms with Gasteiger partial charge in [0.25, 0.3) is 0 Å². The third-order valence-electron chi connectivity index (χ3n) is 2.13. The first-order valence-electron chi connectivity index (χ1n) is 4.49. The fourth-order valence-electron chi connectivity index (χ4n) is 1.45. The Bertz CT molecular complexity index is 527. The number of benzene rings is 1. The summed E-state index contributed by atoms with van der Waals surface area (Å²) in [7, 11) is 0. The molecule has 1 aromatic carbocycles. The molecule has 2 heterocycles. The molecule has 0 spiro atoms. The summed E-state index contributed by atoms with van der Waals surface area (Å²) < 4.78 is 0. The van der Waals surface area contributed by atoms with Crippen LogP contribution in [0.4, 0.5) is 17.5 Å². The van der Waals surface area contributed by atoms with Gasteiger partial charge in [-0.3, -0.25) is 0 Å². The topological polar surface area (TPSA) is 63.8 Å². The van der Waals surface area contributed by atoms with Crippen LogP contribution in [0, 0.1) is 0 Å². The maximum absolute atomic E-state index is 5.53. The molecule has 0 aliphatic carbocycles. The minimum absolute atomic E-state index is 0.293. The molecule has 0 bridgehead atoms. The van der Waals surface area contributed by atoms with Gasteiger partial charge in [0.15, 0.2) is 0 Å². The highest BCUT2D eigenvalue weighted by atomic mass is 32.2. The van der Waals surface area contributed by atoms with Crippen LogP contribution in [0.3, 0.4) is 0 Å². The average molecular weight is 216 g/mol. The van der Waals surface area contributed by atoms with Crippen LogP contribution in [-0.4, -0.2) is 9.97 Å². The van der Waals surface area contributed by atoms with Crippen LogP contribution in [0.2, 0.25) is 0 Å². The van der Waals surface area contributed by atoms with Crippen molar-refractivity contribution in [3.8, 4) is 0 Å². The van der Waals surface area contributed by atoms with Crippen LogP contribution < -0.4 is 11.1 Å². The highest BCUT2D eigenvalue weighted by molar-refractivity contribution is 7.99. The number of nitrogen functional groups attached to an aromatic ring is 1. The molecule has 74 valence electrons. The van der Waals surface area contributed by atoms with Gasteiger partial charge in [-0.25, -0.2) is 4.98 Å². The van der Waals surface area contributed by atoms with Crippen LogP contribution in [0.5, 0.6) is 0 Å². The van der Waals surface area contributed by atoms with Crippen LogP contribution in [-0.2, 0) is 0 Å². The lowest BCUT2D eigenvalue weighted by Crippen LogP contribution is -2.05. The Morgan fingerprint density at radius 3 is 3.00 bits per heavy atom. The summed E-state index contributed by atoms with van der Waals surface area (Å²) in [4.78, 5) is 10.3. The highest BCUT2D eigenvalue weighted by Crippen LogP contribution is 2.42. The number of para-hydroxylation sites is 1. The standard InChI is InChI=1S/C10H8N4S/c11-10-12-5-8-9(14-10)13-6-3-1-2-4-7(6)15-8/h1-5H,(H3,11,12,13,14). The van der Waals surface area contributed by atoms with Gasteiger partial charge in [0.1, 0.15) is 5.82 Å². The number of hydrogen-bond donors (Lipinski definition) is 2. The predicted molar refractivity (Wildman–Crippen MR) is 60.3 cm³/mol. The van der Waals surface area contributed by atoms with E-state index in [1.807, 2.05) is 18.2 Å². The summed E-state index contributed by atoms with van der Waals surface area (Å²) in [5.74, 6) is 1.08. The van der Waals surface area contributed by atoms with Gasteiger partial charge in [-0.05, 0) is 12.1 Å². The number of nitrogens with zero attached hydrogens (tertiary/aromatic N) is 2. The Balaban J connectivity index is 2.11. The van der Waals surface area contributed by atoms with Crippen molar-refractivity contribution < 1.29 is 0 Å².